The van der Waals surface area contributed by atoms with Crippen LogP contribution in [0.15, 0.2) is 0 Å². The second-order valence-electron chi connectivity index (χ2n) is 10.9. The summed E-state index contributed by atoms with van der Waals surface area (Å²) in [6.45, 7) is 11.9. The smallest absolute Gasteiger partial charge is 0.306 e. The van der Waals surface area contributed by atoms with Gasteiger partial charge in [0.25, 0.3) is 0 Å². The highest BCUT2D eigenvalue weighted by Gasteiger charge is 2.08. The summed E-state index contributed by atoms with van der Waals surface area (Å²) in [6, 6.07) is 0. The molecule has 0 spiro atoms. The highest BCUT2D eigenvalue weighted by molar-refractivity contribution is 5.70. The Morgan fingerprint density at radius 1 is 0.500 bits per heavy atom. The van der Waals surface area contributed by atoms with Crippen molar-refractivity contribution in [2.24, 2.45) is 5.92 Å². The zero-order chi connectivity index (χ0) is 27.6. The van der Waals surface area contributed by atoms with Gasteiger partial charge in [-0.2, -0.15) is 0 Å². The lowest BCUT2D eigenvalue weighted by atomic mass is 10.0. The highest BCUT2D eigenvalue weighted by atomic mass is 16.5. The summed E-state index contributed by atoms with van der Waals surface area (Å²) >= 11 is 0. The lowest BCUT2D eigenvalue weighted by molar-refractivity contribution is -0.149. The van der Waals surface area contributed by atoms with Crippen molar-refractivity contribution in [3.8, 4) is 0 Å². The van der Waals surface area contributed by atoms with E-state index in [1.807, 2.05) is 27.7 Å². The van der Waals surface area contributed by atoms with E-state index < -0.39 is 5.97 Å². The number of carbonyl (C=O) groups excluding carboxylic acids is 2. The van der Waals surface area contributed by atoms with Gasteiger partial charge in [0.2, 0.25) is 0 Å². The van der Waals surface area contributed by atoms with Crippen LogP contribution in [-0.2, 0) is 23.9 Å². The average Bonchev–Trinajstić information content (AvgIpc) is 2.76. The largest absolute Gasteiger partial charge is 0.481 e. The lowest BCUT2D eigenvalue weighted by Crippen LogP contribution is -2.12. The third-order valence-electron chi connectivity index (χ3n) is 5.67. The Morgan fingerprint density at radius 3 is 1.11 bits per heavy atom. The minimum atomic E-state index is -0.654. The molecule has 1 N–H and O–H groups in total. The van der Waals surface area contributed by atoms with Crippen molar-refractivity contribution < 1.29 is 29.0 Å². The van der Waals surface area contributed by atoms with Gasteiger partial charge in [0, 0.05) is 19.3 Å². The van der Waals surface area contributed by atoms with Crippen LogP contribution in [0.5, 0.6) is 0 Å². The normalized spacial score (nSPS) is 10.9. The van der Waals surface area contributed by atoms with Crippen LogP contribution in [-0.4, -0.2) is 35.2 Å². The van der Waals surface area contributed by atoms with Crippen LogP contribution in [0.4, 0.5) is 0 Å². The Balaban J connectivity index is 0. The first-order valence-corrected chi connectivity index (χ1v) is 14.6. The van der Waals surface area contributed by atoms with Crippen LogP contribution >= 0.6 is 0 Å². The van der Waals surface area contributed by atoms with E-state index in [4.69, 9.17) is 14.6 Å². The van der Waals surface area contributed by atoms with Crippen molar-refractivity contribution in [2.45, 2.75) is 169 Å². The molecule has 6 nitrogen and oxygen atoms in total. The number of rotatable bonds is 22. The molecule has 0 aliphatic carbocycles. The van der Waals surface area contributed by atoms with Gasteiger partial charge >= 0.3 is 17.9 Å². The first kappa shape index (κ1) is 36.6. The van der Waals surface area contributed by atoms with E-state index in [2.05, 4.69) is 13.8 Å². The van der Waals surface area contributed by atoms with Crippen LogP contribution < -0.4 is 0 Å². The molecule has 0 aromatic heterocycles. The third kappa shape index (κ3) is 34.6. The fourth-order valence-electron chi connectivity index (χ4n) is 3.78. The van der Waals surface area contributed by atoms with Gasteiger partial charge in [0.05, 0.1) is 12.2 Å². The molecule has 0 atom stereocenters. The molecule has 36 heavy (non-hydrogen) atoms. The summed E-state index contributed by atoms with van der Waals surface area (Å²) in [6.07, 6.45) is 19.2. The van der Waals surface area contributed by atoms with Crippen molar-refractivity contribution in [3.05, 3.63) is 0 Å². The zero-order valence-electron chi connectivity index (χ0n) is 24.4. The third-order valence-corrected chi connectivity index (χ3v) is 5.67. The molecular formula is C30H58O6. The number of carboxylic acids is 1. The molecule has 0 unspecified atom stereocenters. The zero-order valence-corrected chi connectivity index (χ0v) is 24.4. The van der Waals surface area contributed by atoms with Crippen molar-refractivity contribution >= 4 is 17.9 Å². The van der Waals surface area contributed by atoms with Gasteiger partial charge < -0.3 is 14.6 Å². The Labute approximate surface area is 222 Å². The van der Waals surface area contributed by atoms with Crippen LogP contribution in [0.25, 0.3) is 0 Å². The number of aliphatic carboxylic acids is 1. The fourth-order valence-corrected chi connectivity index (χ4v) is 3.78. The molecule has 214 valence electrons. The summed E-state index contributed by atoms with van der Waals surface area (Å²) in [5.74, 6) is -0.191. The van der Waals surface area contributed by atoms with Crippen molar-refractivity contribution in [1.29, 1.82) is 0 Å². The van der Waals surface area contributed by atoms with Gasteiger partial charge in [-0.05, 0) is 52.9 Å². The summed E-state index contributed by atoms with van der Waals surface area (Å²) in [4.78, 5) is 32.6. The first-order valence-electron chi connectivity index (χ1n) is 14.6. The standard InChI is InChI=1S/C18H36O2.C12H22O4/c1-17(2)15-13-11-9-7-5-3-4-6-8-10-12-14-16-18(19)20;1-9(2)15-11(13)7-5-6-8-12(14)16-10(3)4/h17H,3-16H2,1-2H3,(H,19,20);9-10H,5-8H2,1-4H3. The summed E-state index contributed by atoms with van der Waals surface area (Å²) < 4.78 is 9.93. The van der Waals surface area contributed by atoms with Gasteiger partial charge in [0.15, 0.2) is 0 Å². The minimum absolute atomic E-state index is 0.0709. The molecule has 0 aromatic rings. The molecule has 0 rings (SSSR count). The molecule has 0 fully saturated rings. The van der Waals surface area contributed by atoms with Crippen molar-refractivity contribution in [3.63, 3.8) is 0 Å². The number of carbonyl (C=O) groups is 3. The van der Waals surface area contributed by atoms with E-state index in [0.29, 0.717) is 32.1 Å². The Kier molecular flexibility index (Phi) is 26.9. The summed E-state index contributed by atoms with van der Waals surface area (Å²) in [5.41, 5.74) is 0. The van der Waals surface area contributed by atoms with Gasteiger partial charge in [-0.25, -0.2) is 0 Å². The highest BCUT2D eigenvalue weighted by Crippen LogP contribution is 2.14. The second kappa shape index (κ2) is 26.5. The van der Waals surface area contributed by atoms with Crippen molar-refractivity contribution in [1.82, 2.24) is 0 Å². The van der Waals surface area contributed by atoms with E-state index in [0.717, 1.165) is 18.8 Å². The number of hydrogen-bond acceptors (Lipinski definition) is 5. The Bertz CT molecular complexity index is 504. The molecule has 0 bridgehead atoms. The SMILES string of the molecule is CC(C)CCCCCCCCCCCCCCC(=O)O.CC(C)OC(=O)CCCCC(=O)OC(C)C. The average molecular weight is 515 g/mol. The van der Waals surface area contributed by atoms with Gasteiger partial charge in [-0.1, -0.05) is 90.9 Å². The monoisotopic (exact) mass is 514 g/mol. The van der Waals surface area contributed by atoms with E-state index in [9.17, 15) is 14.4 Å². The van der Waals surface area contributed by atoms with Crippen LogP contribution in [0.1, 0.15) is 157 Å². The number of hydrogen-bond donors (Lipinski definition) is 1. The molecule has 0 aromatic carbocycles. The molecule has 0 aliphatic rings. The predicted octanol–water partition coefficient (Wildman–Crippen LogP) is 8.64. The fraction of sp³-hybridized carbons (Fsp3) is 0.900. The Hall–Kier alpha value is -1.59. The summed E-state index contributed by atoms with van der Waals surface area (Å²) in [7, 11) is 0. The molecule has 0 aliphatic heterocycles. The maximum Gasteiger partial charge on any atom is 0.306 e. The van der Waals surface area contributed by atoms with Gasteiger partial charge in [-0.3, -0.25) is 14.4 Å². The predicted molar refractivity (Wildman–Crippen MR) is 148 cm³/mol. The molecule has 0 heterocycles. The van der Waals surface area contributed by atoms with E-state index in [1.165, 1.54) is 70.6 Å². The van der Waals surface area contributed by atoms with Crippen LogP contribution in [0.3, 0.4) is 0 Å². The molecule has 0 saturated carbocycles. The molecule has 0 amide bonds. The van der Waals surface area contributed by atoms with E-state index >= 15 is 0 Å². The molecular weight excluding hydrogens is 456 g/mol. The van der Waals surface area contributed by atoms with Crippen LogP contribution in [0, 0.1) is 5.92 Å². The molecule has 0 radical (unpaired) electrons. The number of ether oxygens (including phenoxy) is 2. The van der Waals surface area contributed by atoms with Gasteiger partial charge in [-0.15, -0.1) is 0 Å². The minimum Gasteiger partial charge on any atom is -0.481 e. The number of carboxylic acid groups (broad SMARTS) is 1. The molecule has 6 heteroatoms. The number of esters is 2. The summed E-state index contributed by atoms with van der Waals surface area (Å²) in [5, 5.41) is 8.52. The first-order chi connectivity index (χ1) is 17.0. The van der Waals surface area contributed by atoms with E-state index in [-0.39, 0.29) is 24.1 Å². The van der Waals surface area contributed by atoms with Crippen LogP contribution in [0.2, 0.25) is 0 Å². The Morgan fingerprint density at radius 2 is 0.806 bits per heavy atom. The second-order valence-corrected chi connectivity index (χ2v) is 10.9. The lowest BCUT2D eigenvalue weighted by Gasteiger charge is -2.08. The van der Waals surface area contributed by atoms with Gasteiger partial charge in [0.1, 0.15) is 0 Å². The maximum absolute atomic E-state index is 11.1. The van der Waals surface area contributed by atoms with E-state index in [1.54, 1.807) is 0 Å². The topological polar surface area (TPSA) is 89.9 Å². The quantitative estimate of drug-likeness (QED) is 0.115. The number of unbranched alkanes of at least 4 members (excludes halogenated alkanes) is 12. The molecule has 0 saturated heterocycles. The van der Waals surface area contributed by atoms with Crippen molar-refractivity contribution in [2.75, 3.05) is 0 Å². The maximum atomic E-state index is 11.1.